The summed E-state index contributed by atoms with van der Waals surface area (Å²) in [6, 6.07) is 39.5. The van der Waals surface area contributed by atoms with E-state index in [4.69, 9.17) is 31.6 Å². The molecule has 9 rings (SSSR count). The number of benzene rings is 4. The number of alkyl halides is 1. The smallest absolute Gasteiger partial charge is 0.0816 e. The van der Waals surface area contributed by atoms with Gasteiger partial charge in [0.05, 0.1) is 45.6 Å². The van der Waals surface area contributed by atoms with Crippen LogP contribution in [-0.4, -0.2) is 22.8 Å². The van der Waals surface area contributed by atoms with Crippen LogP contribution in [0.1, 0.15) is 27.8 Å². The maximum Gasteiger partial charge on any atom is 0.0816 e. The summed E-state index contributed by atoms with van der Waals surface area (Å²) < 4.78 is 0. The van der Waals surface area contributed by atoms with Crippen molar-refractivity contribution in [1.29, 1.82) is 0 Å². The fourth-order valence-corrected chi connectivity index (χ4v) is 6.98. The zero-order chi connectivity index (χ0) is 33.4. The summed E-state index contributed by atoms with van der Waals surface area (Å²) in [7, 11) is 0. The molecule has 5 heteroatoms. The topological polar surface area (TPSA) is 49.4 Å². The second-order valence-electron chi connectivity index (χ2n) is 12.3. The van der Waals surface area contributed by atoms with Crippen molar-refractivity contribution in [3.05, 3.63) is 214 Å². The maximum absolute atomic E-state index is 6.18. The average Bonchev–Trinajstić information content (AvgIpc) is 4.00. The summed E-state index contributed by atoms with van der Waals surface area (Å²) in [6.07, 6.45) is 16.7. The number of rotatable bonds is 5. The quantitative estimate of drug-likeness (QED) is 0.191. The normalized spacial score (nSPS) is 17.6. The zero-order valence-electron chi connectivity index (χ0n) is 27.0. The molecule has 0 fully saturated rings. The molecular formula is C45H29ClN4. The largest absolute Gasteiger partial charge is 0.248 e. The maximum atomic E-state index is 6.18. The molecule has 0 radical (unpaired) electrons. The summed E-state index contributed by atoms with van der Waals surface area (Å²) in [4.78, 5) is 21.1. The van der Waals surface area contributed by atoms with E-state index in [1.807, 2.05) is 18.2 Å². The third-order valence-corrected chi connectivity index (χ3v) is 9.46. The van der Waals surface area contributed by atoms with E-state index in [0.29, 0.717) is 5.88 Å². The number of aliphatic imine (C=N–C) groups is 4. The van der Waals surface area contributed by atoms with Gasteiger partial charge in [-0.2, -0.15) is 0 Å². The predicted molar refractivity (Wildman–Crippen MR) is 209 cm³/mol. The highest BCUT2D eigenvalue weighted by Gasteiger charge is 2.28. The van der Waals surface area contributed by atoms with E-state index in [9.17, 15) is 0 Å². The van der Waals surface area contributed by atoms with Gasteiger partial charge in [-0.3, -0.25) is 0 Å². The Bertz CT molecular complexity index is 2440. The van der Waals surface area contributed by atoms with E-state index in [0.717, 1.165) is 95.7 Å². The lowest BCUT2D eigenvalue weighted by molar-refractivity contribution is 1.39. The number of fused-ring (bicyclic) bond motifs is 4. The Hall–Kier alpha value is -6.23. The van der Waals surface area contributed by atoms with Crippen molar-refractivity contribution >= 4 is 56.7 Å². The van der Waals surface area contributed by atoms with Gasteiger partial charge in [0.15, 0.2) is 0 Å². The van der Waals surface area contributed by atoms with Crippen molar-refractivity contribution < 1.29 is 0 Å². The minimum Gasteiger partial charge on any atom is -0.248 e. The highest BCUT2D eigenvalue weighted by atomic mass is 35.5. The predicted octanol–water partition coefficient (Wildman–Crippen LogP) is 10.4. The molecule has 0 aliphatic carbocycles. The van der Waals surface area contributed by atoms with Gasteiger partial charge in [0.1, 0.15) is 0 Å². The number of halogens is 1. The van der Waals surface area contributed by atoms with Crippen LogP contribution in [-0.2, 0) is 5.88 Å². The summed E-state index contributed by atoms with van der Waals surface area (Å²) in [6.45, 7) is 0. The van der Waals surface area contributed by atoms with Crippen LogP contribution >= 0.6 is 11.6 Å². The van der Waals surface area contributed by atoms with Crippen molar-refractivity contribution in [2.75, 3.05) is 0 Å². The van der Waals surface area contributed by atoms with Gasteiger partial charge in [0.2, 0.25) is 0 Å². The Balaban J connectivity index is 1.34. The molecule has 4 nitrogen and oxygen atoms in total. The molecule has 5 aliphatic rings. The first-order valence-corrected chi connectivity index (χ1v) is 17.1. The van der Waals surface area contributed by atoms with E-state index in [-0.39, 0.29) is 0 Å². The van der Waals surface area contributed by atoms with Crippen LogP contribution in [0.15, 0.2) is 207 Å². The molecule has 4 aromatic rings. The van der Waals surface area contributed by atoms with Crippen LogP contribution in [0.3, 0.4) is 0 Å². The molecule has 5 heterocycles. The number of allylic oxidation sites excluding steroid dienone is 12. The van der Waals surface area contributed by atoms with E-state index < -0.39 is 0 Å². The lowest BCUT2D eigenvalue weighted by Gasteiger charge is -2.14. The van der Waals surface area contributed by atoms with Crippen LogP contribution < -0.4 is 0 Å². The molecule has 0 unspecified atom stereocenters. The van der Waals surface area contributed by atoms with Gasteiger partial charge >= 0.3 is 0 Å². The first kappa shape index (κ1) is 29.9. The Kier molecular flexibility index (Phi) is 7.57. The molecule has 0 amide bonds. The van der Waals surface area contributed by atoms with Crippen LogP contribution in [0.2, 0.25) is 0 Å². The minimum atomic E-state index is 0.458. The van der Waals surface area contributed by atoms with Crippen LogP contribution in [0, 0.1) is 0 Å². The highest BCUT2D eigenvalue weighted by Crippen LogP contribution is 2.39. The monoisotopic (exact) mass is 660 g/mol. The second kappa shape index (κ2) is 12.7. The molecule has 0 aromatic heterocycles. The summed E-state index contributed by atoms with van der Waals surface area (Å²) in [5.41, 5.74) is 15.9. The van der Waals surface area contributed by atoms with Crippen molar-refractivity contribution in [3.8, 4) is 0 Å². The van der Waals surface area contributed by atoms with Gasteiger partial charge < -0.3 is 0 Å². The standard InChI is InChI=1S/C45H29ClN4/c46-28-29-16-18-30(19-17-29)36-27-35-26-34-20-21-37(47-34)42(31-10-4-1-5-11-31)38-22-23-39(49-38)43(32-12-6-2-7-13-32)40-24-25-41(50-40)44(45(36)48-35)33-14-8-3-9-15-33/h1-27H,28H2. The molecule has 8 bridgehead atoms. The van der Waals surface area contributed by atoms with Crippen molar-refractivity contribution in [1.82, 2.24) is 0 Å². The molecule has 5 aliphatic heterocycles. The van der Waals surface area contributed by atoms with Crippen molar-refractivity contribution in [3.63, 3.8) is 0 Å². The molecular weight excluding hydrogens is 632 g/mol. The molecule has 236 valence electrons. The van der Waals surface area contributed by atoms with Gasteiger partial charge in [-0.25, -0.2) is 20.0 Å². The number of nitrogens with zero attached hydrogens (tertiary/aromatic N) is 4. The first-order valence-electron chi connectivity index (χ1n) is 16.6. The summed E-state index contributed by atoms with van der Waals surface area (Å²) in [5, 5.41) is 0. The van der Waals surface area contributed by atoms with E-state index in [2.05, 4.69) is 146 Å². The van der Waals surface area contributed by atoms with E-state index in [1.165, 1.54) is 0 Å². The van der Waals surface area contributed by atoms with E-state index >= 15 is 0 Å². The van der Waals surface area contributed by atoms with Gasteiger partial charge in [-0.05, 0) is 76.4 Å². The van der Waals surface area contributed by atoms with Crippen LogP contribution in [0.5, 0.6) is 0 Å². The average molecular weight is 661 g/mol. The van der Waals surface area contributed by atoms with Crippen LogP contribution in [0.4, 0.5) is 0 Å². The Morgan fingerprint density at radius 3 is 1.48 bits per heavy atom. The Labute approximate surface area is 296 Å². The lowest BCUT2D eigenvalue weighted by atomic mass is 9.91. The first-order chi connectivity index (χ1) is 24.7. The Morgan fingerprint density at radius 2 is 0.920 bits per heavy atom. The highest BCUT2D eigenvalue weighted by molar-refractivity contribution is 6.48. The third-order valence-electron chi connectivity index (χ3n) is 9.15. The SMILES string of the molecule is ClCc1ccc(C2=CC3=CC4=NC(=C(c5ccccc5)C5=NC(=C(c6ccccc6)C6=NC(=C(c7ccccc7)C2=N3)C=C6)C=C5)C=C4)cc1. The summed E-state index contributed by atoms with van der Waals surface area (Å²) >= 11 is 6.18. The van der Waals surface area contributed by atoms with Gasteiger partial charge in [0, 0.05) is 28.2 Å². The van der Waals surface area contributed by atoms with Crippen molar-refractivity contribution in [2.24, 2.45) is 20.0 Å². The second-order valence-corrected chi connectivity index (χ2v) is 12.6. The lowest BCUT2D eigenvalue weighted by Crippen LogP contribution is -2.06. The third kappa shape index (κ3) is 5.46. The number of hydrogen-bond acceptors (Lipinski definition) is 4. The van der Waals surface area contributed by atoms with Crippen LogP contribution in [0.25, 0.3) is 22.3 Å². The number of hydrogen-bond donors (Lipinski definition) is 0. The van der Waals surface area contributed by atoms with E-state index in [1.54, 1.807) is 0 Å². The van der Waals surface area contributed by atoms with Gasteiger partial charge in [0.25, 0.3) is 0 Å². The fourth-order valence-electron chi connectivity index (χ4n) is 6.80. The van der Waals surface area contributed by atoms with Crippen molar-refractivity contribution in [2.45, 2.75) is 5.88 Å². The molecule has 4 aromatic carbocycles. The molecule has 0 atom stereocenters. The molecule has 0 N–H and O–H groups in total. The minimum absolute atomic E-state index is 0.458. The molecule has 50 heavy (non-hydrogen) atoms. The van der Waals surface area contributed by atoms with Gasteiger partial charge in [-0.1, -0.05) is 115 Å². The molecule has 0 saturated heterocycles. The molecule has 0 saturated carbocycles. The summed E-state index contributed by atoms with van der Waals surface area (Å²) in [5.74, 6) is 0.458. The zero-order valence-corrected chi connectivity index (χ0v) is 27.7. The Morgan fingerprint density at radius 1 is 0.420 bits per heavy atom. The van der Waals surface area contributed by atoms with Gasteiger partial charge in [-0.15, -0.1) is 11.6 Å². The molecule has 0 spiro atoms. The fraction of sp³-hybridized carbons (Fsp3) is 0.0222.